The number of hydrogen-bond donors (Lipinski definition) is 3. The Kier molecular flexibility index (Phi) is 8.17. The van der Waals surface area contributed by atoms with Crippen LogP contribution in [0.2, 0.25) is 0 Å². The molecule has 8 atom stereocenters. The molecule has 0 radical (unpaired) electrons. The van der Waals surface area contributed by atoms with Gasteiger partial charge in [0.2, 0.25) is 5.91 Å². The summed E-state index contributed by atoms with van der Waals surface area (Å²) in [4.78, 5) is 19.9. The molecule has 3 N–H and O–H groups in total. The van der Waals surface area contributed by atoms with E-state index in [4.69, 9.17) is 9.57 Å². The minimum atomic E-state index is -0.823. The normalized spacial score (nSPS) is 34.7. The molecular weight excluding hydrogens is 559 g/mol. The van der Waals surface area contributed by atoms with Crippen molar-refractivity contribution in [1.29, 1.82) is 0 Å². The number of rotatable bonds is 9. The van der Waals surface area contributed by atoms with Crippen molar-refractivity contribution in [2.75, 3.05) is 13.2 Å². The number of ether oxygens (including phenoxy) is 1. The summed E-state index contributed by atoms with van der Waals surface area (Å²) in [6.45, 7) is 12.7. The molecule has 7 nitrogen and oxygen atoms in total. The molecule has 1 aliphatic heterocycles. The molecule has 1 aromatic carbocycles. The standard InChI is InChI=1S/C27H39IN2O5/c1-6-10-34-25-17(8-7-9-20(25)28)13-30-24(23(16(3)32)22(14-31)35-30)26(33)29-21-12-18-11-19(15(21)2)27(18,4)5/h6-9,15-16,18-19,21-24,31-32H,1,10-14H2,2-5H3,(H,29,33)/t15?,16-,18+,19-,21-,22?,23?,24-/m0/s1. The van der Waals surface area contributed by atoms with Crippen LogP contribution in [0.4, 0.5) is 0 Å². The first-order chi connectivity index (χ1) is 16.6. The summed E-state index contributed by atoms with van der Waals surface area (Å²) < 4.78 is 6.86. The Morgan fingerprint density at radius 3 is 2.77 bits per heavy atom. The number of carbonyl (C=O) groups excluding carboxylic acids is 1. The summed E-state index contributed by atoms with van der Waals surface area (Å²) in [5, 5.41) is 25.6. The van der Waals surface area contributed by atoms with Crippen molar-refractivity contribution in [3.05, 3.63) is 40.0 Å². The van der Waals surface area contributed by atoms with Gasteiger partial charge in [0.05, 0.1) is 22.8 Å². The first kappa shape index (κ1) is 26.9. The summed E-state index contributed by atoms with van der Waals surface area (Å²) in [6, 6.07) is 5.23. The average Bonchev–Trinajstić information content (AvgIpc) is 3.18. The zero-order chi connectivity index (χ0) is 25.5. The third kappa shape index (κ3) is 5.01. The number of aliphatic hydroxyl groups excluding tert-OH is 2. The van der Waals surface area contributed by atoms with Gasteiger partial charge in [-0.25, -0.2) is 0 Å². The largest absolute Gasteiger partial charge is 0.488 e. The van der Waals surface area contributed by atoms with E-state index in [1.807, 2.05) is 18.2 Å². The van der Waals surface area contributed by atoms with E-state index < -0.39 is 24.2 Å². The molecule has 5 rings (SSSR count). The highest BCUT2D eigenvalue weighted by Gasteiger charge is 2.57. The minimum absolute atomic E-state index is 0.105. The van der Waals surface area contributed by atoms with Gasteiger partial charge in [-0.15, -0.1) is 0 Å². The van der Waals surface area contributed by atoms with Crippen molar-refractivity contribution >= 4 is 28.5 Å². The van der Waals surface area contributed by atoms with Gasteiger partial charge in [0.25, 0.3) is 0 Å². The van der Waals surface area contributed by atoms with E-state index in [1.54, 1.807) is 18.1 Å². The molecule has 4 fully saturated rings. The molecule has 1 saturated heterocycles. The van der Waals surface area contributed by atoms with Gasteiger partial charge in [-0.3, -0.25) is 9.63 Å². The predicted octanol–water partition coefficient (Wildman–Crippen LogP) is 3.52. The highest BCUT2D eigenvalue weighted by atomic mass is 127. The van der Waals surface area contributed by atoms with Crippen LogP contribution in [-0.2, 0) is 16.2 Å². The fraction of sp³-hybridized carbons (Fsp3) is 0.667. The van der Waals surface area contributed by atoms with Crippen molar-refractivity contribution < 1.29 is 24.6 Å². The quantitative estimate of drug-likeness (QED) is 0.298. The molecule has 3 unspecified atom stereocenters. The second-order valence-corrected chi connectivity index (χ2v) is 12.2. The third-order valence-electron chi connectivity index (χ3n) is 8.78. The van der Waals surface area contributed by atoms with E-state index in [-0.39, 0.29) is 18.6 Å². The second-order valence-electron chi connectivity index (χ2n) is 11.1. The monoisotopic (exact) mass is 598 g/mol. The molecule has 3 aliphatic carbocycles. The lowest BCUT2D eigenvalue weighted by Crippen LogP contribution is -2.62. The topological polar surface area (TPSA) is 91.3 Å². The van der Waals surface area contributed by atoms with E-state index in [2.05, 4.69) is 55.3 Å². The second kappa shape index (κ2) is 10.7. The summed E-state index contributed by atoms with van der Waals surface area (Å²) in [5.41, 5.74) is 1.20. The number of carbonyl (C=O) groups is 1. The van der Waals surface area contributed by atoms with Crippen LogP contribution >= 0.6 is 22.6 Å². The lowest BCUT2D eigenvalue weighted by atomic mass is 9.45. The van der Waals surface area contributed by atoms with Crippen molar-refractivity contribution in [2.45, 2.75) is 71.4 Å². The SMILES string of the molecule is C=CCOc1c(I)cccc1CN1OC(CO)C([C@H](C)O)[C@H]1C(=O)N[C@H]1C[C@H]2C[C@@H](C1C)C2(C)C. The van der Waals surface area contributed by atoms with Crippen LogP contribution in [0.25, 0.3) is 0 Å². The molecular formula is C27H39IN2O5. The Hall–Kier alpha value is -1.20. The van der Waals surface area contributed by atoms with Crippen LogP contribution in [0, 0.1) is 32.7 Å². The van der Waals surface area contributed by atoms with Gasteiger partial charge < -0.3 is 20.3 Å². The van der Waals surface area contributed by atoms with Crippen LogP contribution in [0.3, 0.4) is 0 Å². The van der Waals surface area contributed by atoms with E-state index in [9.17, 15) is 15.0 Å². The van der Waals surface area contributed by atoms with E-state index in [0.717, 1.165) is 21.3 Å². The Morgan fingerprint density at radius 1 is 1.43 bits per heavy atom. The van der Waals surface area contributed by atoms with Gasteiger partial charge in [-0.2, -0.15) is 5.06 Å². The number of aliphatic hydroxyl groups is 2. The summed E-state index contributed by atoms with van der Waals surface area (Å²) >= 11 is 2.23. The number of hydrogen-bond acceptors (Lipinski definition) is 6. The molecule has 194 valence electrons. The van der Waals surface area contributed by atoms with Crippen LogP contribution in [-0.4, -0.2) is 58.7 Å². The number of fused-ring (bicyclic) bond motifs is 2. The third-order valence-corrected chi connectivity index (χ3v) is 9.63. The van der Waals surface area contributed by atoms with Gasteiger partial charge in [-0.1, -0.05) is 45.6 Å². The van der Waals surface area contributed by atoms with Gasteiger partial charge in [-0.05, 0) is 71.6 Å². The van der Waals surface area contributed by atoms with Gasteiger partial charge in [0.1, 0.15) is 24.5 Å². The highest BCUT2D eigenvalue weighted by Crippen LogP contribution is 2.61. The van der Waals surface area contributed by atoms with Crippen LogP contribution < -0.4 is 10.1 Å². The molecule has 8 heteroatoms. The molecule has 4 aliphatic rings. The Morgan fingerprint density at radius 2 is 2.17 bits per heavy atom. The molecule has 35 heavy (non-hydrogen) atoms. The zero-order valence-corrected chi connectivity index (χ0v) is 23.3. The number of benzene rings is 1. The molecule has 1 amide bonds. The predicted molar refractivity (Wildman–Crippen MR) is 142 cm³/mol. The summed E-state index contributed by atoms with van der Waals surface area (Å²) in [6.07, 6.45) is 2.42. The molecule has 1 heterocycles. The Bertz CT molecular complexity index is 938. The van der Waals surface area contributed by atoms with Crippen LogP contribution in [0.15, 0.2) is 30.9 Å². The molecule has 2 bridgehead atoms. The van der Waals surface area contributed by atoms with Gasteiger partial charge >= 0.3 is 0 Å². The first-order valence-electron chi connectivity index (χ1n) is 12.6. The fourth-order valence-electron chi connectivity index (χ4n) is 6.63. The number of nitrogens with one attached hydrogen (secondary N) is 1. The number of nitrogens with zero attached hydrogens (tertiary/aromatic N) is 1. The first-order valence-corrected chi connectivity index (χ1v) is 13.7. The van der Waals surface area contributed by atoms with Crippen molar-refractivity contribution in [2.24, 2.45) is 29.1 Å². The van der Waals surface area contributed by atoms with Crippen molar-refractivity contribution in [3.8, 4) is 5.75 Å². The molecule has 1 aromatic rings. The maximum absolute atomic E-state index is 13.8. The maximum Gasteiger partial charge on any atom is 0.240 e. The number of hydroxylamine groups is 2. The van der Waals surface area contributed by atoms with E-state index in [0.29, 0.717) is 36.3 Å². The molecule has 0 spiro atoms. The number of para-hydroxylation sites is 1. The van der Waals surface area contributed by atoms with Crippen LogP contribution in [0.5, 0.6) is 5.75 Å². The minimum Gasteiger partial charge on any atom is -0.488 e. The van der Waals surface area contributed by atoms with E-state index in [1.165, 1.54) is 6.42 Å². The average molecular weight is 599 g/mol. The Labute approximate surface area is 222 Å². The number of halogens is 1. The lowest BCUT2D eigenvalue weighted by molar-refractivity contribution is -0.183. The summed E-state index contributed by atoms with van der Waals surface area (Å²) in [7, 11) is 0. The van der Waals surface area contributed by atoms with E-state index >= 15 is 0 Å². The molecule has 0 aromatic heterocycles. The lowest BCUT2D eigenvalue weighted by Gasteiger charge is -2.62. The fourth-order valence-corrected chi connectivity index (χ4v) is 7.34. The van der Waals surface area contributed by atoms with Gasteiger partial charge in [0, 0.05) is 17.5 Å². The number of amides is 1. The molecule has 3 saturated carbocycles. The van der Waals surface area contributed by atoms with Crippen LogP contribution in [0.1, 0.15) is 46.1 Å². The zero-order valence-electron chi connectivity index (χ0n) is 21.1. The smallest absolute Gasteiger partial charge is 0.240 e. The van der Waals surface area contributed by atoms with Crippen molar-refractivity contribution in [1.82, 2.24) is 10.4 Å². The van der Waals surface area contributed by atoms with Crippen molar-refractivity contribution in [3.63, 3.8) is 0 Å². The summed E-state index contributed by atoms with van der Waals surface area (Å²) in [5.74, 6) is 1.64. The Balaban J connectivity index is 1.57. The van der Waals surface area contributed by atoms with Gasteiger partial charge in [0.15, 0.2) is 0 Å². The maximum atomic E-state index is 13.8. The highest BCUT2D eigenvalue weighted by molar-refractivity contribution is 14.1.